The van der Waals surface area contributed by atoms with E-state index in [4.69, 9.17) is 16.3 Å². The molecule has 0 aromatic heterocycles. The Bertz CT molecular complexity index is 634. The van der Waals surface area contributed by atoms with Crippen molar-refractivity contribution in [1.29, 1.82) is 0 Å². The van der Waals surface area contributed by atoms with Gasteiger partial charge in [0.25, 0.3) is 0 Å². The average molecular weight is 299 g/mol. The summed E-state index contributed by atoms with van der Waals surface area (Å²) in [7, 11) is 0. The van der Waals surface area contributed by atoms with Crippen LogP contribution in [0.3, 0.4) is 0 Å². The van der Waals surface area contributed by atoms with Gasteiger partial charge in [0, 0.05) is 5.02 Å². The molecule has 1 aliphatic carbocycles. The average Bonchev–Trinajstić information content (AvgIpc) is 2.55. The first kappa shape index (κ1) is 13.4. The molecular formula is C19H19ClO. The lowest BCUT2D eigenvalue weighted by Crippen LogP contribution is -2.32. The van der Waals surface area contributed by atoms with Crippen molar-refractivity contribution in [2.75, 3.05) is 6.61 Å². The van der Waals surface area contributed by atoms with E-state index in [-0.39, 0.29) is 6.10 Å². The fourth-order valence-corrected chi connectivity index (χ4v) is 4.01. The van der Waals surface area contributed by atoms with Crippen molar-refractivity contribution in [3.8, 4) is 0 Å². The van der Waals surface area contributed by atoms with Crippen LogP contribution in [0.15, 0.2) is 48.5 Å². The third kappa shape index (κ3) is 2.49. The summed E-state index contributed by atoms with van der Waals surface area (Å²) in [5.74, 6) is 1.33. The zero-order valence-electron chi connectivity index (χ0n) is 12.0. The number of ether oxygens (including phenoxy) is 1. The number of aryl methyl sites for hydroxylation is 1. The van der Waals surface area contributed by atoms with Gasteiger partial charge in [0.15, 0.2) is 0 Å². The fraction of sp³-hybridized carbons (Fsp3) is 0.368. The predicted octanol–water partition coefficient (Wildman–Crippen LogP) is 5.15. The van der Waals surface area contributed by atoms with Gasteiger partial charge in [-0.25, -0.2) is 0 Å². The molecule has 0 saturated carbocycles. The van der Waals surface area contributed by atoms with E-state index in [1.807, 2.05) is 12.1 Å². The van der Waals surface area contributed by atoms with E-state index in [0.29, 0.717) is 11.8 Å². The van der Waals surface area contributed by atoms with Crippen molar-refractivity contribution in [3.63, 3.8) is 0 Å². The molecule has 2 aromatic rings. The van der Waals surface area contributed by atoms with Crippen LogP contribution >= 0.6 is 11.6 Å². The Balaban J connectivity index is 1.62. The van der Waals surface area contributed by atoms with E-state index in [2.05, 4.69) is 36.4 Å². The molecule has 4 rings (SSSR count). The summed E-state index contributed by atoms with van der Waals surface area (Å²) in [6, 6.07) is 17.1. The first-order valence-corrected chi connectivity index (χ1v) is 8.14. The molecule has 0 unspecified atom stereocenters. The summed E-state index contributed by atoms with van der Waals surface area (Å²) < 4.78 is 6.15. The zero-order valence-corrected chi connectivity index (χ0v) is 12.7. The van der Waals surface area contributed by atoms with Gasteiger partial charge in [-0.05, 0) is 59.9 Å². The summed E-state index contributed by atoms with van der Waals surface area (Å²) in [6.45, 7) is 0.881. The molecule has 0 N–H and O–H groups in total. The Morgan fingerprint density at radius 3 is 2.67 bits per heavy atom. The van der Waals surface area contributed by atoms with Gasteiger partial charge >= 0.3 is 0 Å². The van der Waals surface area contributed by atoms with E-state index in [9.17, 15) is 0 Å². The molecule has 1 nitrogen and oxygen atoms in total. The van der Waals surface area contributed by atoms with Crippen LogP contribution in [-0.2, 0) is 11.2 Å². The van der Waals surface area contributed by atoms with Crippen LogP contribution in [0.5, 0.6) is 0 Å². The number of rotatable bonds is 1. The highest BCUT2D eigenvalue weighted by Crippen LogP contribution is 2.46. The van der Waals surface area contributed by atoms with Crippen molar-refractivity contribution in [1.82, 2.24) is 0 Å². The van der Waals surface area contributed by atoms with E-state index in [1.54, 1.807) is 5.56 Å². The number of halogens is 1. The number of fused-ring (bicyclic) bond motifs is 3. The fourth-order valence-electron chi connectivity index (χ4n) is 3.89. The molecule has 2 heteroatoms. The molecule has 1 saturated heterocycles. The van der Waals surface area contributed by atoms with Crippen LogP contribution < -0.4 is 0 Å². The van der Waals surface area contributed by atoms with Gasteiger partial charge < -0.3 is 4.74 Å². The number of benzene rings is 2. The molecule has 0 spiro atoms. The van der Waals surface area contributed by atoms with Crippen molar-refractivity contribution < 1.29 is 4.74 Å². The van der Waals surface area contributed by atoms with E-state index in [1.165, 1.54) is 24.0 Å². The first-order valence-electron chi connectivity index (χ1n) is 7.76. The maximum absolute atomic E-state index is 6.15. The minimum absolute atomic E-state index is 0.203. The summed E-state index contributed by atoms with van der Waals surface area (Å²) >= 11 is 5.99. The maximum atomic E-state index is 6.15. The van der Waals surface area contributed by atoms with Gasteiger partial charge in [0.2, 0.25) is 0 Å². The second-order valence-electron chi connectivity index (χ2n) is 6.21. The topological polar surface area (TPSA) is 9.23 Å². The molecule has 0 amide bonds. The Labute approximate surface area is 130 Å². The molecule has 2 aromatic carbocycles. The van der Waals surface area contributed by atoms with Crippen LogP contribution in [0.2, 0.25) is 5.02 Å². The van der Waals surface area contributed by atoms with Gasteiger partial charge in [-0.15, -0.1) is 0 Å². The van der Waals surface area contributed by atoms with Crippen LogP contribution in [0.25, 0.3) is 0 Å². The molecule has 0 bridgehead atoms. The molecule has 3 atom stereocenters. The number of hydrogen-bond acceptors (Lipinski definition) is 1. The predicted molar refractivity (Wildman–Crippen MR) is 85.8 cm³/mol. The Morgan fingerprint density at radius 1 is 1.00 bits per heavy atom. The molecule has 2 aliphatic rings. The summed E-state index contributed by atoms with van der Waals surface area (Å²) in [4.78, 5) is 0. The van der Waals surface area contributed by atoms with Crippen molar-refractivity contribution in [2.45, 2.75) is 31.3 Å². The third-order valence-electron chi connectivity index (χ3n) is 5.03. The minimum atomic E-state index is 0.203. The van der Waals surface area contributed by atoms with Crippen LogP contribution in [0.1, 0.15) is 41.6 Å². The highest BCUT2D eigenvalue weighted by atomic mass is 35.5. The van der Waals surface area contributed by atoms with E-state index >= 15 is 0 Å². The van der Waals surface area contributed by atoms with Gasteiger partial charge in [0.1, 0.15) is 0 Å². The smallest absolute Gasteiger partial charge is 0.0831 e. The van der Waals surface area contributed by atoms with Gasteiger partial charge in [-0.3, -0.25) is 0 Å². The zero-order chi connectivity index (χ0) is 14.2. The second-order valence-corrected chi connectivity index (χ2v) is 6.65. The first-order chi connectivity index (χ1) is 10.3. The van der Waals surface area contributed by atoms with Gasteiger partial charge in [0.05, 0.1) is 12.7 Å². The Kier molecular flexibility index (Phi) is 3.48. The quantitative estimate of drug-likeness (QED) is 0.707. The van der Waals surface area contributed by atoms with E-state index in [0.717, 1.165) is 18.1 Å². The summed E-state index contributed by atoms with van der Waals surface area (Å²) in [5.41, 5.74) is 4.34. The number of hydrogen-bond donors (Lipinski definition) is 0. The highest BCUT2D eigenvalue weighted by Gasteiger charge is 2.36. The molecular weight excluding hydrogens is 280 g/mol. The molecule has 108 valence electrons. The minimum Gasteiger partial charge on any atom is -0.373 e. The lowest BCUT2D eigenvalue weighted by Gasteiger charge is -2.40. The molecule has 21 heavy (non-hydrogen) atoms. The normalized spacial score (nSPS) is 27.8. The lowest BCUT2D eigenvalue weighted by molar-refractivity contribution is -0.0340. The van der Waals surface area contributed by atoms with Crippen molar-refractivity contribution in [3.05, 3.63) is 70.2 Å². The summed E-state index contributed by atoms with van der Waals surface area (Å²) in [5, 5.41) is 0.787. The molecule has 1 fully saturated rings. The highest BCUT2D eigenvalue weighted by molar-refractivity contribution is 6.30. The Morgan fingerprint density at radius 2 is 1.81 bits per heavy atom. The lowest BCUT2D eigenvalue weighted by atomic mass is 9.71. The Hall–Kier alpha value is -1.31. The standard InChI is InChI=1S/C19H19ClO/c20-16-9-7-14(8-10-16)19-11-18-15(12-21-19)6-5-13-3-1-2-4-17(13)18/h1-4,7-10,15,18-19H,5-6,11-12H2/t15-,18-,19-/m1/s1. The molecule has 1 heterocycles. The van der Waals surface area contributed by atoms with Crippen LogP contribution in [0, 0.1) is 5.92 Å². The van der Waals surface area contributed by atoms with Gasteiger partial charge in [-0.1, -0.05) is 48.0 Å². The van der Waals surface area contributed by atoms with Crippen LogP contribution in [-0.4, -0.2) is 6.61 Å². The molecule has 1 aliphatic heterocycles. The van der Waals surface area contributed by atoms with Crippen LogP contribution in [0.4, 0.5) is 0 Å². The second kappa shape index (κ2) is 5.47. The third-order valence-corrected chi connectivity index (χ3v) is 5.28. The van der Waals surface area contributed by atoms with Crippen molar-refractivity contribution in [2.24, 2.45) is 5.92 Å². The largest absolute Gasteiger partial charge is 0.373 e. The SMILES string of the molecule is Clc1ccc([C@H]2C[C@H]3c4ccccc4CC[C@@H]3CO2)cc1. The molecule has 0 radical (unpaired) electrons. The van der Waals surface area contributed by atoms with Crippen molar-refractivity contribution >= 4 is 11.6 Å². The maximum Gasteiger partial charge on any atom is 0.0831 e. The summed E-state index contributed by atoms with van der Waals surface area (Å²) in [6.07, 6.45) is 3.75. The monoisotopic (exact) mass is 298 g/mol. The van der Waals surface area contributed by atoms with Gasteiger partial charge in [-0.2, -0.15) is 0 Å². The van der Waals surface area contributed by atoms with E-state index < -0.39 is 0 Å².